The van der Waals surface area contributed by atoms with Crippen LogP contribution in [0.3, 0.4) is 0 Å². The molecule has 1 N–H and O–H groups in total. The van der Waals surface area contributed by atoms with Gasteiger partial charge in [0.05, 0.1) is 23.9 Å². The monoisotopic (exact) mass is 512 g/mol. The van der Waals surface area contributed by atoms with E-state index >= 15 is 0 Å². The van der Waals surface area contributed by atoms with Crippen molar-refractivity contribution in [2.45, 2.75) is 83.8 Å². The Morgan fingerprint density at radius 1 is 1.14 bits per heavy atom. The molecule has 0 amide bonds. The van der Waals surface area contributed by atoms with E-state index in [2.05, 4.69) is 12.0 Å². The van der Waals surface area contributed by atoms with Crippen LogP contribution in [0.1, 0.15) is 71.6 Å². The number of carbonyl (C=O) groups is 1. The molecule has 0 unspecified atom stereocenters. The third kappa shape index (κ3) is 3.79. The van der Waals surface area contributed by atoms with Crippen LogP contribution in [0, 0.1) is 40.4 Å². The van der Waals surface area contributed by atoms with Gasteiger partial charge in [0.1, 0.15) is 6.54 Å². The van der Waals surface area contributed by atoms with Gasteiger partial charge in [0, 0.05) is 23.4 Å². The second kappa shape index (κ2) is 8.81. The summed E-state index contributed by atoms with van der Waals surface area (Å²) in [4.78, 5) is 13.8. The first-order chi connectivity index (χ1) is 17.2. The van der Waals surface area contributed by atoms with E-state index < -0.39 is 5.60 Å². The molecule has 4 saturated carbocycles. The summed E-state index contributed by atoms with van der Waals surface area (Å²) in [5, 5.41) is 17.1. The Bertz CT molecular complexity index is 1160. The molecule has 0 spiro atoms. The number of ketones is 1. The summed E-state index contributed by atoms with van der Waals surface area (Å²) >= 11 is 6.24. The van der Waals surface area contributed by atoms with Crippen LogP contribution in [-0.4, -0.2) is 40.0 Å². The van der Waals surface area contributed by atoms with Gasteiger partial charge in [0.15, 0.2) is 5.78 Å². The first kappa shape index (κ1) is 24.9. The van der Waals surface area contributed by atoms with E-state index in [0.29, 0.717) is 41.0 Å². The summed E-state index contributed by atoms with van der Waals surface area (Å²) in [5.74, 6) is 2.90. The van der Waals surface area contributed by atoms with Gasteiger partial charge in [-0.15, -0.1) is 0 Å². The number of hydrogen-bond donors (Lipinski definition) is 1. The molecule has 36 heavy (non-hydrogen) atoms. The SMILES string of the molecule is COC[C@]12CC[C@@](C)(O)C[C@@H]1CC[C@H]1[C@@H]3CC[C@H](C(=O)Cn4ncc5ccc(Cl)cc54)[C@@]3(C)CC[C@@H]12. The number of aromatic nitrogens is 2. The zero-order chi connectivity index (χ0) is 25.3. The summed E-state index contributed by atoms with van der Waals surface area (Å²) in [5.41, 5.74) is 0.660. The molecule has 6 rings (SSSR count). The van der Waals surface area contributed by atoms with Gasteiger partial charge >= 0.3 is 0 Å². The molecule has 196 valence electrons. The lowest BCUT2D eigenvalue weighted by Crippen LogP contribution is -2.58. The van der Waals surface area contributed by atoms with Crippen molar-refractivity contribution < 1.29 is 14.6 Å². The number of Topliss-reactive ketones (excluding diaryl/α,β-unsaturated/α-hetero) is 1. The second-order valence-electron chi connectivity index (χ2n) is 13.2. The number of carbonyl (C=O) groups excluding carboxylic acids is 1. The van der Waals surface area contributed by atoms with Crippen LogP contribution in [-0.2, 0) is 16.1 Å². The highest BCUT2D eigenvalue weighted by Gasteiger charge is 2.63. The van der Waals surface area contributed by atoms with Crippen molar-refractivity contribution in [1.82, 2.24) is 9.78 Å². The number of ether oxygens (including phenoxy) is 1. The predicted octanol–water partition coefficient (Wildman–Crippen LogP) is 6.30. The van der Waals surface area contributed by atoms with Gasteiger partial charge in [-0.25, -0.2) is 0 Å². The number of nitrogens with zero attached hydrogens (tertiary/aromatic N) is 2. The molecule has 1 aromatic heterocycles. The van der Waals surface area contributed by atoms with E-state index in [1.165, 1.54) is 19.3 Å². The largest absolute Gasteiger partial charge is 0.390 e. The number of hydrogen-bond acceptors (Lipinski definition) is 4. The van der Waals surface area contributed by atoms with Crippen LogP contribution in [0.25, 0.3) is 10.9 Å². The van der Waals surface area contributed by atoms with E-state index in [0.717, 1.165) is 56.0 Å². The van der Waals surface area contributed by atoms with Crippen LogP contribution < -0.4 is 0 Å². The lowest BCUT2D eigenvalue weighted by atomic mass is 9.43. The van der Waals surface area contributed by atoms with Gasteiger partial charge in [0.25, 0.3) is 0 Å². The molecule has 6 heteroatoms. The van der Waals surface area contributed by atoms with E-state index in [1.54, 1.807) is 0 Å². The summed E-state index contributed by atoms with van der Waals surface area (Å²) in [7, 11) is 1.85. The number of halogens is 1. The van der Waals surface area contributed by atoms with Crippen LogP contribution in [0.2, 0.25) is 5.02 Å². The quantitative estimate of drug-likeness (QED) is 0.511. The molecule has 0 bridgehead atoms. The molecule has 5 nitrogen and oxygen atoms in total. The van der Waals surface area contributed by atoms with E-state index in [1.807, 2.05) is 43.1 Å². The number of rotatable bonds is 5. The van der Waals surface area contributed by atoms with Crippen LogP contribution in [0.5, 0.6) is 0 Å². The Balaban J connectivity index is 1.24. The minimum atomic E-state index is -0.538. The van der Waals surface area contributed by atoms with Gasteiger partial charge in [-0.05, 0) is 117 Å². The van der Waals surface area contributed by atoms with Crippen molar-refractivity contribution in [3.05, 3.63) is 29.4 Å². The molecular formula is C30H41ClN2O3. The molecule has 2 aromatic rings. The maximum absolute atomic E-state index is 13.8. The van der Waals surface area contributed by atoms with Crippen LogP contribution in [0.4, 0.5) is 0 Å². The Labute approximate surface area is 219 Å². The Kier molecular flexibility index (Phi) is 6.09. The topological polar surface area (TPSA) is 64.3 Å². The van der Waals surface area contributed by atoms with E-state index in [9.17, 15) is 9.90 Å². The molecule has 4 fully saturated rings. The van der Waals surface area contributed by atoms with Crippen molar-refractivity contribution in [3.63, 3.8) is 0 Å². The fraction of sp³-hybridized carbons (Fsp3) is 0.733. The average Bonchev–Trinajstić information content (AvgIpc) is 3.39. The lowest BCUT2D eigenvalue weighted by Gasteiger charge is -2.62. The Hall–Kier alpha value is -1.43. The molecular weight excluding hydrogens is 472 g/mol. The van der Waals surface area contributed by atoms with Gasteiger partial charge in [-0.3, -0.25) is 9.48 Å². The zero-order valence-electron chi connectivity index (χ0n) is 22.0. The normalized spacial score (nSPS) is 42.1. The summed E-state index contributed by atoms with van der Waals surface area (Å²) in [6, 6.07) is 5.75. The van der Waals surface area contributed by atoms with Crippen LogP contribution in [0.15, 0.2) is 24.4 Å². The first-order valence-corrected chi connectivity index (χ1v) is 14.4. The third-order valence-corrected chi connectivity index (χ3v) is 11.6. The highest BCUT2D eigenvalue weighted by molar-refractivity contribution is 6.31. The van der Waals surface area contributed by atoms with Gasteiger partial charge in [-0.2, -0.15) is 5.10 Å². The van der Waals surface area contributed by atoms with Crippen molar-refractivity contribution >= 4 is 28.3 Å². The molecule has 0 saturated heterocycles. The molecule has 4 aliphatic carbocycles. The number of benzene rings is 1. The molecule has 4 aliphatic rings. The highest BCUT2D eigenvalue weighted by Crippen LogP contribution is 2.68. The first-order valence-electron chi connectivity index (χ1n) is 14.0. The highest BCUT2D eigenvalue weighted by atomic mass is 35.5. The van der Waals surface area contributed by atoms with Crippen molar-refractivity contribution in [1.29, 1.82) is 0 Å². The number of aliphatic hydroxyl groups is 1. The lowest BCUT2D eigenvalue weighted by molar-refractivity contribution is -0.175. The van der Waals surface area contributed by atoms with Gasteiger partial charge < -0.3 is 9.84 Å². The molecule has 1 aromatic carbocycles. The van der Waals surface area contributed by atoms with Gasteiger partial charge in [-0.1, -0.05) is 18.5 Å². The maximum atomic E-state index is 13.8. The van der Waals surface area contributed by atoms with Gasteiger partial charge in [0.2, 0.25) is 0 Å². The van der Waals surface area contributed by atoms with Crippen molar-refractivity contribution in [2.75, 3.05) is 13.7 Å². The number of methoxy groups -OCH3 is 1. The molecule has 1 heterocycles. The minimum absolute atomic E-state index is 0.0696. The molecule has 0 radical (unpaired) electrons. The minimum Gasteiger partial charge on any atom is -0.390 e. The van der Waals surface area contributed by atoms with E-state index in [4.69, 9.17) is 16.3 Å². The van der Waals surface area contributed by atoms with Crippen LogP contribution >= 0.6 is 11.6 Å². The maximum Gasteiger partial charge on any atom is 0.157 e. The summed E-state index contributed by atoms with van der Waals surface area (Å²) in [6.07, 6.45) is 11.6. The van der Waals surface area contributed by atoms with E-state index in [-0.39, 0.29) is 16.7 Å². The molecule has 8 atom stereocenters. The predicted molar refractivity (Wildman–Crippen MR) is 142 cm³/mol. The third-order valence-electron chi connectivity index (χ3n) is 11.4. The zero-order valence-corrected chi connectivity index (χ0v) is 22.8. The standard InChI is InChI=1S/C30H41ClN2O3/c1-28(35)12-13-30(18-36-3)20(15-28)5-7-22-23-8-9-25(29(23,2)11-10-24(22)30)27(34)17-33-26-14-21(31)6-4-19(26)16-32-33/h4,6,14,16,20,22-25,35H,5,7-13,15,17-18H2,1-3H3/t20-,22-,23-,24-,25+,28+,29-,30+/m0/s1. The smallest absolute Gasteiger partial charge is 0.157 e. The summed E-state index contributed by atoms with van der Waals surface area (Å²) in [6.45, 7) is 5.59. The second-order valence-corrected chi connectivity index (χ2v) is 13.6. The fourth-order valence-corrected chi connectivity index (χ4v) is 9.91. The Morgan fingerprint density at radius 3 is 2.78 bits per heavy atom. The average molecular weight is 513 g/mol. The summed E-state index contributed by atoms with van der Waals surface area (Å²) < 4.78 is 7.75. The number of fused-ring (bicyclic) bond motifs is 6. The fourth-order valence-electron chi connectivity index (χ4n) is 9.74. The Morgan fingerprint density at radius 2 is 1.97 bits per heavy atom. The van der Waals surface area contributed by atoms with Crippen molar-refractivity contribution in [3.8, 4) is 0 Å². The molecule has 0 aliphatic heterocycles. The van der Waals surface area contributed by atoms with Crippen molar-refractivity contribution in [2.24, 2.45) is 40.4 Å².